The van der Waals surface area contributed by atoms with Crippen molar-refractivity contribution < 1.29 is 4.84 Å². The van der Waals surface area contributed by atoms with Gasteiger partial charge in [0.15, 0.2) is 0 Å². The highest BCUT2D eigenvalue weighted by molar-refractivity contribution is 5.55. The quantitative estimate of drug-likeness (QED) is 0.326. The van der Waals surface area contributed by atoms with Crippen molar-refractivity contribution in [2.75, 3.05) is 0 Å². The maximum atomic E-state index is 4.41. The summed E-state index contributed by atoms with van der Waals surface area (Å²) in [5.74, 6) is 0. The van der Waals surface area contributed by atoms with Gasteiger partial charge in [0.05, 0.1) is 0 Å². The molecule has 0 bridgehead atoms. The number of hydrogen-bond acceptors (Lipinski definition) is 2. The Morgan fingerprint density at radius 1 is 1.56 bits per heavy atom. The van der Waals surface area contributed by atoms with Crippen molar-refractivity contribution in [2.24, 2.45) is 5.16 Å². The van der Waals surface area contributed by atoms with Gasteiger partial charge < -0.3 is 4.84 Å². The van der Waals surface area contributed by atoms with Crippen molar-refractivity contribution in [3.63, 3.8) is 0 Å². The zero-order valence-electron chi connectivity index (χ0n) is 6.42. The van der Waals surface area contributed by atoms with Crippen LogP contribution in [0.1, 0.15) is 27.2 Å². The van der Waals surface area contributed by atoms with Gasteiger partial charge in [-0.2, -0.15) is 0 Å². The molecule has 0 amide bonds. The molecule has 0 atom stereocenters. The molecule has 0 aromatic rings. The summed E-state index contributed by atoms with van der Waals surface area (Å²) >= 11 is 0. The lowest BCUT2D eigenvalue weighted by Crippen LogP contribution is -1.67. The third-order valence-electron chi connectivity index (χ3n) is 0.393. The van der Waals surface area contributed by atoms with Crippen molar-refractivity contribution in [2.45, 2.75) is 27.2 Å². The lowest BCUT2D eigenvalue weighted by Gasteiger charge is -1.80. The Labute approximate surface area is 57.2 Å². The van der Waals surface area contributed by atoms with E-state index in [-0.39, 0.29) is 0 Å². The monoisotopic (exact) mass is 129 g/mol. The Kier molecular flexibility index (Phi) is 19.3. The zero-order valence-corrected chi connectivity index (χ0v) is 6.42. The number of hydrogen-bond donors (Lipinski definition) is 0. The zero-order chi connectivity index (χ0) is 7.54. The largest absolute Gasteiger partial charge is 0.366 e. The Morgan fingerprint density at radius 3 is 2.44 bits per heavy atom. The van der Waals surface area contributed by atoms with Gasteiger partial charge in [-0.05, 0) is 6.42 Å². The van der Waals surface area contributed by atoms with E-state index in [1.165, 1.54) is 6.26 Å². The summed E-state index contributed by atoms with van der Waals surface area (Å²) in [6.45, 7) is 9.28. The van der Waals surface area contributed by atoms with Crippen LogP contribution < -0.4 is 0 Å². The fraction of sp³-hybridized carbons (Fsp3) is 0.571. The van der Waals surface area contributed by atoms with E-state index < -0.39 is 0 Å². The first-order chi connectivity index (χ1) is 4.41. The molecular weight excluding hydrogens is 114 g/mol. The smallest absolute Gasteiger partial charge is 0.114 e. The van der Waals surface area contributed by atoms with Gasteiger partial charge in [-0.25, -0.2) is 0 Å². The minimum atomic E-state index is 0.897. The Bertz CT molecular complexity index is 69.3. The third-order valence-corrected chi connectivity index (χ3v) is 0.393. The molecule has 2 heteroatoms. The molecule has 9 heavy (non-hydrogen) atoms. The third kappa shape index (κ3) is 19.0. The van der Waals surface area contributed by atoms with E-state index in [4.69, 9.17) is 0 Å². The number of rotatable bonds is 3. The van der Waals surface area contributed by atoms with E-state index >= 15 is 0 Å². The maximum Gasteiger partial charge on any atom is 0.114 e. The van der Waals surface area contributed by atoms with Crippen LogP contribution >= 0.6 is 0 Å². The summed E-state index contributed by atoms with van der Waals surface area (Å²) in [6.07, 6.45) is 3.85. The van der Waals surface area contributed by atoms with Crippen LogP contribution in [0.4, 0.5) is 0 Å². The van der Waals surface area contributed by atoms with E-state index in [1.807, 2.05) is 20.8 Å². The molecule has 0 aromatic carbocycles. The minimum absolute atomic E-state index is 0.897. The second-order valence-electron chi connectivity index (χ2n) is 0.968. The highest BCUT2D eigenvalue weighted by Gasteiger charge is 1.62. The fourth-order valence-corrected chi connectivity index (χ4v) is 0.161. The summed E-state index contributed by atoms with van der Waals surface area (Å²) in [5, 5.41) is 3.47. The summed E-state index contributed by atoms with van der Waals surface area (Å²) in [6, 6.07) is 0. The molecule has 2 nitrogen and oxygen atoms in total. The normalized spacial score (nSPS) is 7.89. The van der Waals surface area contributed by atoms with Crippen LogP contribution in [0.3, 0.4) is 0 Å². The van der Waals surface area contributed by atoms with Gasteiger partial charge in [-0.1, -0.05) is 32.5 Å². The minimum Gasteiger partial charge on any atom is -0.366 e. The van der Waals surface area contributed by atoms with E-state index in [0.717, 1.165) is 6.42 Å². The Morgan fingerprint density at radius 2 is 2.11 bits per heavy atom. The van der Waals surface area contributed by atoms with Crippen LogP contribution in [0.15, 0.2) is 18.0 Å². The van der Waals surface area contributed by atoms with Crippen molar-refractivity contribution in [1.29, 1.82) is 0 Å². The maximum absolute atomic E-state index is 4.41. The van der Waals surface area contributed by atoms with Crippen LogP contribution in [-0.2, 0) is 4.84 Å². The number of nitrogens with zero attached hydrogens (tertiary/aromatic N) is 1. The first kappa shape index (κ1) is 11.1. The summed E-state index contributed by atoms with van der Waals surface area (Å²) in [7, 11) is 0. The molecule has 0 aliphatic heterocycles. The van der Waals surface area contributed by atoms with Gasteiger partial charge in [0.1, 0.15) is 6.26 Å². The fourth-order valence-electron chi connectivity index (χ4n) is 0.161. The predicted molar refractivity (Wildman–Crippen MR) is 41.4 cm³/mol. The van der Waals surface area contributed by atoms with E-state index in [2.05, 4.69) is 16.6 Å². The first-order valence-electron chi connectivity index (χ1n) is 3.20. The second-order valence-corrected chi connectivity index (χ2v) is 0.968. The predicted octanol–water partition coefficient (Wildman–Crippen LogP) is 2.57. The van der Waals surface area contributed by atoms with E-state index in [1.54, 1.807) is 6.21 Å². The van der Waals surface area contributed by atoms with Crippen molar-refractivity contribution in [1.82, 2.24) is 0 Å². The molecule has 0 radical (unpaired) electrons. The summed E-state index contributed by atoms with van der Waals surface area (Å²) < 4.78 is 0. The van der Waals surface area contributed by atoms with Crippen LogP contribution in [0.25, 0.3) is 0 Å². The molecule has 0 aromatic heterocycles. The van der Waals surface area contributed by atoms with Gasteiger partial charge >= 0.3 is 0 Å². The molecule has 0 N–H and O–H groups in total. The SMILES string of the molecule is C=CO/N=C\CC.CC. The molecular formula is C7H15NO. The van der Waals surface area contributed by atoms with Gasteiger partial charge in [-0.3, -0.25) is 0 Å². The van der Waals surface area contributed by atoms with E-state index in [0.29, 0.717) is 0 Å². The van der Waals surface area contributed by atoms with Gasteiger partial charge in [0.25, 0.3) is 0 Å². The van der Waals surface area contributed by atoms with Gasteiger partial charge in [0.2, 0.25) is 0 Å². The Hall–Kier alpha value is -0.790. The second kappa shape index (κ2) is 15.7. The topological polar surface area (TPSA) is 21.6 Å². The lowest BCUT2D eigenvalue weighted by atomic mass is 10.6. The van der Waals surface area contributed by atoms with E-state index in [9.17, 15) is 0 Å². The average molecular weight is 129 g/mol. The Balaban J connectivity index is 0. The molecule has 0 heterocycles. The molecule has 0 aliphatic carbocycles. The van der Waals surface area contributed by atoms with Crippen molar-refractivity contribution in [3.05, 3.63) is 12.8 Å². The molecule has 0 aliphatic rings. The van der Waals surface area contributed by atoms with Crippen LogP contribution in [-0.4, -0.2) is 6.21 Å². The summed E-state index contributed by atoms with van der Waals surface area (Å²) in [5.41, 5.74) is 0. The molecule has 0 spiro atoms. The van der Waals surface area contributed by atoms with Crippen LogP contribution in [0, 0.1) is 0 Å². The lowest BCUT2D eigenvalue weighted by molar-refractivity contribution is 0.271. The molecule has 0 rings (SSSR count). The molecule has 0 saturated heterocycles. The highest BCUT2D eigenvalue weighted by atomic mass is 16.6. The van der Waals surface area contributed by atoms with Gasteiger partial charge in [-0.15, -0.1) is 0 Å². The molecule has 0 fully saturated rings. The molecule has 0 saturated carbocycles. The molecule has 0 unspecified atom stereocenters. The summed E-state index contributed by atoms with van der Waals surface area (Å²) in [4.78, 5) is 4.41. The van der Waals surface area contributed by atoms with Crippen LogP contribution in [0.5, 0.6) is 0 Å². The first-order valence-corrected chi connectivity index (χ1v) is 3.20. The standard InChI is InChI=1S/C5H9NO.C2H6/c1-3-5-6-7-4-2;1-2/h4-5H,2-3H2,1H3;1-2H3/b6-5-;. The van der Waals surface area contributed by atoms with Crippen molar-refractivity contribution in [3.8, 4) is 0 Å². The van der Waals surface area contributed by atoms with Crippen molar-refractivity contribution >= 4 is 6.21 Å². The molecule has 54 valence electrons. The van der Waals surface area contributed by atoms with Gasteiger partial charge in [0, 0.05) is 6.21 Å². The number of oxime groups is 1. The van der Waals surface area contributed by atoms with Crippen LogP contribution in [0.2, 0.25) is 0 Å². The highest BCUT2D eigenvalue weighted by Crippen LogP contribution is 1.73. The average Bonchev–Trinajstić information content (AvgIpc) is 1.94.